The number of oxazole rings is 1. The van der Waals surface area contributed by atoms with Crippen LogP contribution >= 0.6 is 0 Å². The number of aliphatic carboxylic acids is 1. The molecule has 1 aliphatic rings. The molecule has 0 radical (unpaired) electrons. The Morgan fingerprint density at radius 1 is 1.29 bits per heavy atom. The summed E-state index contributed by atoms with van der Waals surface area (Å²) in [5.74, 6) is -1.42. The minimum Gasteiger partial charge on any atom is -0.480 e. The molecule has 1 aromatic carbocycles. The summed E-state index contributed by atoms with van der Waals surface area (Å²) in [6, 6.07) is 3.83. The van der Waals surface area contributed by atoms with Gasteiger partial charge in [0.2, 0.25) is 11.8 Å². The molecule has 1 heterocycles. The van der Waals surface area contributed by atoms with Crippen molar-refractivity contribution in [3.63, 3.8) is 0 Å². The van der Waals surface area contributed by atoms with Gasteiger partial charge in [0.1, 0.15) is 17.5 Å². The Morgan fingerprint density at radius 2 is 2.03 bits per heavy atom. The average molecular weight is 482 g/mol. The van der Waals surface area contributed by atoms with Crippen molar-refractivity contribution in [1.29, 1.82) is 0 Å². The zero-order chi connectivity index (χ0) is 25.0. The van der Waals surface area contributed by atoms with Crippen molar-refractivity contribution in [2.75, 3.05) is 0 Å². The van der Waals surface area contributed by atoms with E-state index in [-0.39, 0.29) is 41.9 Å². The van der Waals surface area contributed by atoms with Gasteiger partial charge in [0.25, 0.3) is 0 Å². The van der Waals surface area contributed by atoms with Gasteiger partial charge in [-0.15, -0.1) is 0 Å². The number of nitrogens with one attached hydrogen (secondary N) is 1. The lowest BCUT2D eigenvalue weighted by atomic mass is 9.86. The van der Waals surface area contributed by atoms with E-state index >= 15 is 0 Å². The van der Waals surface area contributed by atoms with Gasteiger partial charge in [-0.1, -0.05) is 26.3 Å². The quantitative estimate of drug-likeness (QED) is 0.551. The Kier molecular flexibility index (Phi) is 8.01. The number of carboxylic acids is 1. The van der Waals surface area contributed by atoms with Gasteiger partial charge in [0, 0.05) is 11.5 Å². The number of carbonyl (C=O) groups excluding carboxylic acids is 1. The van der Waals surface area contributed by atoms with Crippen molar-refractivity contribution >= 4 is 11.9 Å². The van der Waals surface area contributed by atoms with E-state index in [0.717, 1.165) is 25.0 Å². The molecule has 0 aliphatic heterocycles. The number of carbonyl (C=O) groups is 2. The molecule has 34 heavy (non-hydrogen) atoms. The molecule has 0 bridgehead atoms. The fraction of sp³-hybridized carbons (Fsp3) is 0.542. The fourth-order valence-corrected chi connectivity index (χ4v) is 4.03. The molecule has 1 saturated carbocycles. The number of nitrogens with zero attached hydrogens (tertiary/aromatic N) is 1. The lowest BCUT2D eigenvalue weighted by Gasteiger charge is -2.29. The lowest BCUT2D eigenvalue weighted by molar-refractivity contribution is -0.144. The summed E-state index contributed by atoms with van der Waals surface area (Å²) in [4.78, 5) is 28.3. The summed E-state index contributed by atoms with van der Waals surface area (Å²) in [6.45, 7) is 5.23. The Labute approximate surface area is 195 Å². The number of hydrogen-bond donors (Lipinski definition) is 2. The largest absolute Gasteiger partial charge is 0.480 e. The molecule has 3 rings (SSSR count). The summed E-state index contributed by atoms with van der Waals surface area (Å²) in [5.41, 5.74) is -0.0887. The van der Waals surface area contributed by atoms with Gasteiger partial charge < -0.3 is 19.6 Å². The second-order valence-corrected chi connectivity index (χ2v) is 8.97. The number of carboxylic acid groups (broad SMARTS) is 1. The van der Waals surface area contributed by atoms with Gasteiger partial charge in [-0.25, -0.2) is 9.78 Å². The Bertz CT molecular complexity index is 1020. The number of benzene rings is 1. The Balaban J connectivity index is 1.61. The van der Waals surface area contributed by atoms with Crippen LogP contribution in [0.25, 0.3) is 11.5 Å². The maximum atomic E-state index is 13.0. The molecule has 1 fully saturated rings. The molecule has 3 atom stereocenters. The van der Waals surface area contributed by atoms with Crippen LogP contribution in [0.5, 0.6) is 0 Å². The number of ether oxygens (including phenoxy) is 1. The van der Waals surface area contributed by atoms with Gasteiger partial charge in [-0.05, 0) is 50.3 Å². The molecule has 1 aromatic heterocycles. The second-order valence-electron chi connectivity index (χ2n) is 8.97. The first kappa shape index (κ1) is 25.7. The number of hydrogen-bond acceptors (Lipinski definition) is 5. The first-order valence-electron chi connectivity index (χ1n) is 11.2. The molecule has 186 valence electrons. The monoisotopic (exact) mass is 482 g/mol. The van der Waals surface area contributed by atoms with Crippen molar-refractivity contribution in [1.82, 2.24) is 10.3 Å². The van der Waals surface area contributed by atoms with Crippen LogP contribution in [-0.2, 0) is 27.1 Å². The first-order valence-corrected chi connectivity index (χ1v) is 11.2. The number of alkyl halides is 3. The zero-order valence-electron chi connectivity index (χ0n) is 19.3. The molecular weight excluding hydrogens is 453 g/mol. The number of amides is 1. The molecule has 10 heteroatoms. The molecular formula is C24H29F3N2O5. The van der Waals surface area contributed by atoms with Gasteiger partial charge >= 0.3 is 12.1 Å². The predicted octanol–water partition coefficient (Wildman–Crippen LogP) is 4.97. The van der Waals surface area contributed by atoms with Crippen LogP contribution in [0, 0.1) is 18.8 Å². The number of rotatable bonds is 8. The summed E-state index contributed by atoms with van der Waals surface area (Å²) >= 11 is 0. The molecule has 1 amide bonds. The van der Waals surface area contributed by atoms with E-state index in [4.69, 9.17) is 9.15 Å². The SMILES string of the molecule is Cc1oc(-c2cccc(C(F)(F)F)c2)nc1CO[C@@H]1CCC[C@H](C(=O)N[C@H](C(=O)O)C(C)C)C1. The van der Waals surface area contributed by atoms with E-state index in [1.165, 1.54) is 12.1 Å². The van der Waals surface area contributed by atoms with Gasteiger partial charge in [-0.2, -0.15) is 13.2 Å². The number of halogens is 3. The predicted molar refractivity (Wildman–Crippen MR) is 117 cm³/mol. The normalized spacial score (nSPS) is 19.7. The number of aryl methyl sites for hydroxylation is 1. The highest BCUT2D eigenvalue weighted by Crippen LogP contribution is 2.33. The third-order valence-corrected chi connectivity index (χ3v) is 6.01. The molecule has 0 unspecified atom stereocenters. The molecule has 0 spiro atoms. The van der Waals surface area contributed by atoms with E-state index in [1.54, 1.807) is 20.8 Å². The highest BCUT2D eigenvalue weighted by Gasteiger charge is 2.32. The van der Waals surface area contributed by atoms with Crippen LogP contribution in [0.1, 0.15) is 56.5 Å². The van der Waals surface area contributed by atoms with E-state index in [2.05, 4.69) is 10.3 Å². The van der Waals surface area contributed by atoms with Crippen LogP contribution in [-0.4, -0.2) is 34.1 Å². The smallest absolute Gasteiger partial charge is 0.416 e. The van der Waals surface area contributed by atoms with Gasteiger partial charge in [0.15, 0.2) is 0 Å². The third kappa shape index (κ3) is 6.37. The van der Waals surface area contributed by atoms with Gasteiger partial charge in [0.05, 0.1) is 18.3 Å². The average Bonchev–Trinajstić information content (AvgIpc) is 3.15. The van der Waals surface area contributed by atoms with Crippen molar-refractivity contribution < 1.29 is 37.0 Å². The highest BCUT2D eigenvalue weighted by molar-refractivity contribution is 5.85. The molecule has 1 aliphatic carbocycles. The Morgan fingerprint density at radius 3 is 2.68 bits per heavy atom. The highest BCUT2D eigenvalue weighted by atomic mass is 19.4. The summed E-state index contributed by atoms with van der Waals surface area (Å²) < 4.78 is 50.5. The lowest BCUT2D eigenvalue weighted by Crippen LogP contribution is -2.47. The van der Waals surface area contributed by atoms with Crippen molar-refractivity contribution in [3.05, 3.63) is 41.3 Å². The van der Waals surface area contributed by atoms with E-state index in [1.807, 2.05) is 0 Å². The molecule has 0 saturated heterocycles. The topological polar surface area (TPSA) is 102 Å². The minimum absolute atomic E-state index is 0.0801. The first-order chi connectivity index (χ1) is 16.0. The fourth-order valence-electron chi connectivity index (χ4n) is 4.03. The summed E-state index contributed by atoms with van der Waals surface area (Å²) in [5, 5.41) is 11.9. The van der Waals surface area contributed by atoms with E-state index in [9.17, 15) is 27.9 Å². The van der Waals surface area contributed by atoms with E-state index < -0.39 is 23.8 Å². The number of aromatic nitrogens is 1. The van der Waals surface area contributed by atoms with Crippen LogP contribution < -0.4 is 5.32 Å². The minimum atomic E-state index is -4.47. The summed E-state index contributed by atoms with van der Waals surface area (Å²) in [7, 11) is 0. The van der Waals surface area contributed by atoms with Crippen LogP contribution in [0.4, 0.5) is 13.2 Å². The molecule has 2 N–H and O–H groups in total. The van der Waals surface area contributed by atoms with Crippen LogP contribution in [0.3, 0.4) is 0 Å². The maximum absolute atomic E-state index is 13.0. The van der Waals surface area contributed by atoms with Crippen molar-refractivity contribution in [3.8, 4) is 11.5 Å². The molecule has 2 aromatic rings. The summed E-state index contributed by atoms with van der Waals surface area (Å²) in [6.07, 6.45) is -2.08. The van der Waals surface area contributed by atoms with Crippen molar-refractivity contribution in [2.24, 2.45) is 11.8 Å². The standard InChI is InChI=1S/C24H29F3N2O5/c1-13(2)20(23(31)32)29-21(30)15-6-5-9-18(11-15)33-12-19-14(3)34-22(28-19)16-7-4-8-17(10-16)24(25,26)27/h4,7-8,10,13,15,18,20H,5-6,9,11-12H2,1-3H3,(H,29,30)(H,31,32)/t15-,18+,20-/m0/s1. The maximum Gasteiger partial charge on any atom is 0.416 e. The molecule has 7 nitrogen and oxygen atoms in total. The van der Waals surface area contributed by atoms with Crippen LogP contribution in [0.2, 0.25) is 0 Å². The Hall–Kier alpha value is -2.88. The van der Waals surface area contributed by atoms with Crippen molar-refractivity contribution in [2.45, 2.75) is 71.4 Å². The second kappa shape index (κ2) is 10.6. The van der Waals surface area contributed by atoms with Crippen LogP contribution in [0.15, 0.2) is 28.7 Å². The van der Waals surface area contributed by atoms with Gasteiger partial charge in [-0.3, -0.25) is 4.79 Å². The third-order valence-electron chi connectivity index (χ3n) is 6.01. The zero-order valence-corrected chi connectivity index (χ0v) is 19.3. The van der Waals surface area contributed by atoms with E-state index in [0.29, 0.717) is 24.3 Å².